The lowest BCUT2D eigenvalue weighted by Gasteiger charge is -2.00. The van der Waals surface area contributed by atoms with E-state index in [9.17, 15) is 9.90 Å². The molecular weight excluding hydrogens is 248 g/mol. The summed E-state index contributed by atoms with van der Waals surface area (Å²) in [6.07, 6.45) is 0. The van der Waals surface area contributed by atoms with E-state index in [4.69, 9.17) is 11.5 Å². The smallest absolute Gasteiger partial charge is 0.278 e. The van der Waals surface area contributed by atoms with Gasteiger partial charge in [-0.05, 0) is 18.2 Å². The third-order valence-corrected chi connectivity index (χ3v) is 2.68. The molecule has 19 heavy (non-hydrogen) atoms. The minimum absolute atomic E-state index is 0.000713. The Morgan fingerprint density at radius 2 is 1.95 bits per heavy atom. The van der Waals surface area contributed by atoms with Crippen molar-refractivity contribution in [2.24, 2.45) is 0 Å². The van der Waals surface area contributed by atoms with Crippen LogP contribution in [0.2, 0.25) is 0 Å². The van der Waals surface area contributed by atoms with Crippen LogP contribution in [0.25, 0.3) is 22.6 Å². The van der Waals surface area contributed by atoms with E-state index in [0.29, 0.717) is 11.4 Å². The maximum Gasteiger partial charge on any atom is 0.278 e. The summed E-state index contributed by atoms with van der Waals surface area (Å²) in [5.41, 5.74) is 12.0. The molecule has 2 heterocycles. The summed E-state index contributed by atoms with van der Waals surface area (Å²) in [4.78, 5) is 25.0. The summed E-state index contributed by atoms with van der Waals surface area (Å²) in [7, 11) is 0. The number of rotatable bonds is 1. The lowest BCUT2D eigenvalue weighted by Crippen LogP contribution is -2.10. The zero-order chi connectivity index (χ0) is 13.6. The van der Waals surface area contributed by atoms with Gasteiger partial charge in [-0.3, -0.25) is 9.78 Å². The van der Waals surface area contributed by atoms with Gasteiger partial charge in [0.15, 0.2) is 11.2 Å². The molecular formula is C11H10N6O2. The molecule has 0 atom stereocenters. The molecule has 1 aromatic carbocycles. The molecule has 7 N–H and O–H groups in total. The zero-order valence-electron chi connectivity index (χ0n) is 9.64. The van der Waals surface area contributed by atoms with Gasteiger partial charge < -0.3 is 21.6 Å². The second kappa shape index (κ2) is 3.73. The topological polar surface area (TPSA) is 147 Å². The molecule has 0 bridgehead atoms. The first kappa shape index (κ1) is 11.1. The van der Waals surface area contributed by atoms with E-state index in [1.54, 1.807) is 12.1 Å². The highest BCUT2D eigenvalue weighted by Gasteiger charge is 2.11. The average Bonchev–Trinajstić information content (AvgIpc) is 2.76. The minimum atomic E-state index is -0.395. The van der Waals surface area contributed by atoms with Gasteiger partial charge in [-0.25, -0.2) is 4.98 Å². The van der Waals surface area contributed by atoms with Gasteiger partial charge in [0, 0.05) is 5.56 Å². The van der Waals surface area contributed by atoms with Crippen LogP contribution in [0.3, 0.4) is 0 Å². The summed E-state index contributed by atoms with van der Waals surface area (Å²) in [5.74, 6) is 0.408. The Morgan fingerprint density at radius 3 is 2.68 bits per heavy atom. The van der Waals surface area contributed by atoms with Crippen molar-refractivity contribution in [2.75, 3.05) is 11.5 Å². The first-order chi connectivity index (χ1) is 9.04. The Bertz CT molecular complexity index is 835. The molecule has 0 aliphatic rings. The molecule has 0 amide bonds. The maximum atomic E-state index is 11.7. The van der Waals surface area contributed by atoms with Crippen molar-refractivity contribution < 1.29 is 5.11 Å². The number of phenols is 1. The minimum Gasteiger partial charge on any atom is -0.506 e. The molecule has 3 rings (SSSR count). The Hall–Kier alpha value is -3.03. The van der Waals surface area contributed by atoms with E-state index in [1.165, 1.54) is 6.07 Å². The van der Waals surface area contributed by atoms with Gasteiger partial charge in [-0.1, -0.05) is 0 Å². The average molecular weight is 258 g/mol. The lowest BCUT2D eigenvalue weighted by atomic mass is 10.2. The number of H-pyrrole nitrogens is 2. The van der Waals surface area contributed by atoms with E-state index >= 15 is 0 Å². The number of nitrogens with two attached hydrogens (primary N) is 2. The van der Waals surface area contributed by atoms with E-state index in [-0.39, 0.29) is 28.5 Å². The van der Waals surface area contributed by atoms with Crippen molar-refractivity contribution in [1.82, 2.24) is 19.9 Å². The number of aromatic hydroxyl groups is 1. The van der Waals surface area contributed by atoms with Crippen LogP contribution in [0.1, 0.15) is 0 Å². The lowest BCUT2D eigenvalue weighted by molar-refractivity contribution is 0.478. The summed E-state index contributed by atoms with van der Waals surface area (Å²) in [6.45, 7) is 0. The van der Waals surface area contributed by atoms with Crippen LogP contribution in [0, 0.1) is 0 Å². The van der Waals surface area contributed by atoms with E-state index < -0.39 is 5.56 Å². The fraction of sp³-hybridized carbons (Fsp3) is 0. The highest BCUT2D eigenvalue weighted by Crippen LogP contribution is 2.26. The summed E-state index contributed by atoms with van der Waals surface area (Å²) in [5, 5.41) is 9.37. The molecule has 0 spiro atoms. The van der Waals surface area contributed by atoms with E-state index in [0.717, 1.165) is 0 Å². The molecule has 2 aromatic heterocycles. The third kappa shape index (κ3) is 1.75. The first-order valence-electron chi connectivity index (χ1n) is 5.39. The molecule has 0 saturated heterocycles. The van der Waals surface area contributed by atoms with Crippen molar-refractivity contribution in [3.8, 4) is 17.1 Å². The molecule has 0 aliphatic carbocycles. The number of fused-ring (bicyclic) bond motifs is 1. The number of anilines is 2. The Kier molecular flexibility index (Phi) is 2.18. The molecule has 96 valence electrons. The summed E-state index contributed by atoms with van der Waals surface area (Å²) < 4.78 is 0. The van der Waals surface area contributed by atoms with Gasteiger partial charge in [0.25, 0.3) is 5.56 Å². The standard InChI is InChI=1S/C11H10N6O2/c12-5-3-4(1-2-6(5)18)8-14-7-9(15-8)16-11(13)17-10(7)19/h1-3,18H,12H2,(H4,13,14,15,16,17,19). The molecule has 0 aliphatic heterocycles. The van der Waals surface area contributed by atoms with Gasteiger partial charge in [-0.15, -0.1) is 0 Å². The fourth-order valence-electron chi connectivity index (χ4n) is 1.76. The SMILES string of the molecule is Nc1nc2nc(-c3ccc(O)c(N)c3)[nH]c2c(=O)[nH]1. The molecule has 3 aromatic rings. The van der Waals surface area contributed by atoms with Crippen molar-refractivity contribution in [1.29, 1.82) is 0 Å². The van der Waals surface area contributed by atoms with Crippen molar-refractivity contribution in [2.45, 2.75) is 0 Å². The van der Waals surface area contributed by atoms with Crippen molar-refractivity contribution in [3.05, 3.63) is 28.6 Å². The number of hydrogen-bond donors (Lipinski definition) is 5. The van der Waals surface area contributed by atoms with E-state index in [1.807, 2.05) is 0 Å². The van der Waals surface area contributed by atoms with Crippen LogP contribution in [-0.4, -0.2) is 25.0 Å². The molecule has 0 fully saturated rings. The van der Waals surface area contributed by atoms with Crippen molar-refractivity contribution in [3.63, 3.8) is 0 Å². The van der Waals surface area contributed by atoms with Gasteiger partial charge in [-0.2, -0.15) is 4.98 Å². The number of nitrogens with one attached hydrogen (secondary N) is 2. The van der Waals surface area contributed by atoms with Crippen LogP contribution < -0.4 is 17.0 Å². The fourth-order valence-corrected chi connectivity index (χ4v) is 1.76. The molecule has 0 unspecified atom stereocenters. The third-order valence-electron chi connectivity index (χ3n) is 2.68. The van der Waals surface area contributed by atoms with Crippen LogP contribution in [-0.2, 0) is 0 Å². The van der Waals surface area contributed by atoms with E-state index in [2.05, 4.69) is 19.9 Å². The van der Waals surface area contributed by atoms with Crippen LogP contribution in [0.4, 0.5) is 11.6 Å². The van der Waals surface area contributed by atoms with Gasteiger partial charge >= 0.3 is 0 Å². The van der Waals surface area contributed by atoms with Gasteiger partial charge in [0.2, 0.25) is 5.95 Å². The normalized spacial score (nSPS) is 10.9. The number of hydrogen-bond acceptors (Lipinski definition) is 6. The Morgan fingerprint density at radius 1 is 1.16 bits per heavy atom. The summed E-state index contributed by atoms with van der Waals surface area (Å²) >= 11 is 0. The van der Waals surface area contributed by atoms with Crippen LogP contribution >= 0.6 is 0 Å². The second-order valence-corrected chi connectivity index (χ2v) is 4.01. The van der Waals surface area contributed by atoms with Crippen LogP contribution in [0.15, 0.2) is 23.0 Å². The monoisotopic (exact) mass is 258 g/mol. The van der Waals surface area contributed by atoms with Crippen LogP contribution in [0.5, 0.6) is 5.75 Å². The number of phenolic OH excluding ortho intramolecular Hbond substituents is 1. The van der Waals surface area contributed by atoms with Gasteiger partial charge in [0.1, 0.15) is 11.6 Å². The Labute approximate surface area is 106 Å². The molecule has 8 nitrogen and oxygen atoms in total. The number of benzene rings is 1. The zero-order valence-corrected chi connectivity index (χ0v) is 9.64. The number of imidazole rings is 1. The number of aromatic amines is 2. The predicted octanol–water partition coefficient (Wildman–Crippen LogP) is 0.183. The quantitative estimate of drug-likeness (QED) is 0.311. The second-order valence-electron chi connectivity index (χ2n) is 4.01. The van der Waals surface area contributed by atoms with Gasteiger partial charge in [0.05, 0.1) is 5.69 Å². The Balaban J connectivity index is 2.23. The molecule has 8 heteroatoms. The predicted molar refractivity (Wildman–Crippen MR) is 70.4 cm³/mol. The number of nitrogens with zero attached hydrogens (tertiary/aromatic N) is 2. The number of nitrogen functional groups attached to an aromatic ring is 2. The first-order valence-corrected chi connectivity index (χ1v) is 5.39. The largest absolute Gasteiger partial charge is 0.506 e. The highest BCUT2D eigenvalue weighted by molar-refractivity contribution is 5.77. The number of aromatic nitrogens is 4. The molecule has 0 saturated carbocycles. The maximum absolute atomic E-state index is 11.7. The molecule has 0 radical (unpaired) electrons. The van der Waals surface area contributed by atoms with Crippen molar-refractivity contribution >= 4 is 22.8 Å². The summed E-state index contributed by atoms with van der Waals surface area (Å²) in [6, 6.07) is 4.62. The highest BCUT2D eigenvalue weighted by atomic mass is 16.3.